The highest BCUT2D eigenvalue weighted by Crippen LogP contribution is 2.08. The van der Waals surface area contributed by atoms with Gasteiger partial charge in [0.05, 0.1) is 6.61 Å². The van der Waals surface area contributed by atoms with E-state index in [-0.39, 0.29) is 12.1 Å². The van der Waals surface area contributed by atoms with Crippen LogP contribution >= 0.6 is 0 Å². The van der Waals surface area contributed by atoms with Crippen LogP contribution in [-0.2, 0) is 14.3 Å². The molecule has 1 aliphatic heterocycles. The Balaban J connectivity index is 2.33. The maximum atomic E-state index is 11.5. The largest absolute Gasteiger partial charge is 0.460 e. The van der Waals surface area contributed by atoms with Gasteiger partial charge in [-0.25, -0.2) is 4.79 Å². The Morgan fingerprint density at radius 2 is 2.21 bits per heavy atom. The Morgan fingerprint density at radius 1 is 1.50 bits per heavy atom. The molecule has 2 unspecified atom stereocenters. The van der Waals surface area contributed by atoms with Crippen LogP contribution in [0, 0.1) is 5.92 Å². The molecule has 0 amide bonds. The van der Waals surface area contributed by atoms with E-state index in [0.717, 1.165) is 6.54 Å². The van der Waals surface area contributed by atoms with E-state index in [1.54, 1.807) is 0 Å². The quantitative estimate of drug-likeness (QED) is 0.678. The van der Waals surface area contributed by atoms with Crippen LogP contribution in [0.15, 0.2) is 0 Å². The van der Waals surface area contributed by atoms with Crippen molar-refractivity contribution in [2.45, 2.75) is 33.0 Å². The SMILES string of the molecule is CC(C)C(C)OC(=O)C1CNCCO1. The molecule has 0 aromatic carbocycles. The summed E-state index contributed by atoms with van der Waals surface area (Å²) in [7, 11) is 0. The molecule has 0 spiro atoms. The molecule has 1 aliphatic rings. The third-order valence-electron chi connectivity index (χ3n) is 2.43. The lowest BCUT2D eigenvalue weighted by molar-refractivity contribution is -0.165. The van der Waals surface area contributed by atoms with Crippen molar-refractivity contribution in [3.63, 3.8) is 0 Å². The molecule has 82 valence electrons. The van der Waals surface area contributed by atoms with E-state index in [4.69, 9.17) is 9.47 Å². The van der Waals surface area contributed by atoms with Gasteiger partial charge in [0.1, 0.15) is 6.10 Å². The van der Waals surface area contributed by atoms with Crippen LogP contribution in [-0.4, -0.2) is 37.9 Å². The summed E-state index contributed by atoms with van der Waals surface area (Å²) in [4.78, 5) is 11.5. The zero-order valence-corrected chi connectivity index (χ0v) is 9.08. The number of carbonyl (C=O) groups excluding carboxylic acids is 1. The van der Waals surface area contributed by atoms with E-state index in [1.807, 2.05) is 20.8 Å². The highest BCUT2D eigenvalue weighted by atomic mass is 16.6. The monoisotopic (exact) mass is 201 g/mol. The van der Waals surface area contributed by atoms with Crippen molar-refractivity contribution in [3.05, 3.63) is 0 Å². The molecule has 1 N–H and O–H groups in total. The van der Waals surface area contributed by atoms with Crippen LogP contribution in [0.1, 0.15) is 20.8 Å². The van der Waals surface area contributed by atoms with Crippen LogP contribution in [0.2, 0.25) is 0 Å². The molecular formula is C10H19NO3. The molecule has 2 atom stereocenters. The van der Waals surface area contributed by atoms with Gasteiger partial charge in [-0.05, 0) is 12.8 Å². The predicted molar refractivity (Wildman–Crippen MR) is 53.0 cm³/mol. The first-order valence-corrected chi connectivity index (χ1v) is 5.14. The fourth-order valence-corrected chi connectivity index (χ4v) is 1.11. The molecule has 1 rings (SSSR count). The van der Waals surface area contributed by atoms with Crippen molar-refractivity contribution < 1.29 is 14.3 Å². The lowest BCUT2D eigenvalue weighted by atomic mass is 10.1. The van der Waals surface area contributed by atoms with Crippen LogP contribution < -0.4 is 5.32 Å². The number of rotatable bonds is 3. The number of ether oxygens (including phenoxy) is 2. The Bertz CT molecular complexity index is 188. The Hall–Kier alpha value is -0.610. The van der Waals surface area contributed by atoms with Gasteiger partial charge in [-0.15, -0.1) is 0 Å². The van der Waals surface area contributed by atoms with Gasteiger partial charge in [-0.2, -0.15) is 0 Å². The Kier molecular flexibility index (Phi) is 4.35. The summed E-state index contributed by atoms with van der Waals surface area (Å²) in [5.74, 6) is 0.0916. The molecule has 0 bridgehead atoms. The fourth-order valence-electron chi connectivity index (χ4n) is 1.11. The summed E-state index contributed by atoms with van der Waals surface area (Å²) >= 11 is 0. The van der Waals surface area contributed by atoms with Crippen molar-refractivity contribution in [1.29, 1.82) is 0 Å². The number of morpholine rings is 1. The molecule has 4 heteroatoms. The number of nitrogens with one attached hydrogen (secondary N) is 1. The van der Waals surface area contributed by atoms with Crippen LogP contribution in [0.4, 0.5) is 0 Å². The predicted octanol–water partition coefficient (Wildman–Crippen LogP) is 0.562. The molecule has 1 saturated heterocycles. The lowest BCUT2D eigenvalue weighted by Gasteiger charge is -2.24. The van der Waals surface area contributed by atoms with Gasteiger partial charge in [-0.1, -0.05) is 13.8 Å². The van der Waals surface area contributed by atoms with Gasteiger partial charge in [0.25, 0.3) is 0 Å². The molecule has 1 fully saturated rings. The fraction of sp³-hybridized carbons (Fsp3) is 0.900. The normalized spacial score (nSPS) is 24.7. The zero-order chi connectivity index (χ0) is 10.6. The number of hydrogen-bond acceptors (Lipinski definition) is 4. The second kappa shape index (κ2) is 5.32. The average molecular weight is 201 g/mol. The topological polar surface area (TPSA) is 47.6 Å². The summed E-state index contributed by atoms with van der Waals surface area (Å²) in [5.41, 5.74) is 0. The van der Waals surface area contributed by atoms with E-state index < -0.39 is 6.10 Å². The second-order valence-corrected chi connectivity index (χ2v) is 3.95. The third kappa shape index (κ3) is 3.27. The minimum Gasteiger partial charge on any atom is -0.460 e. The Labute approximate surface area is 85.0 Å². The van der Waals surface area contributed by atoms with Gasteiger partial charge in [0, 0.05) is 13.1 Å². The maximum absolute atomic E-state index is 11.5. The number of hydrogen-bond donors (Lipinski definition) is 1. The van der Waals surface area contributed by atoms with E-state index >= 15 is 0 Å². The number of esters is 1. The molecule has 4 nitrogen and oxygen atoms in total. The molecule has 0 radical (unpaired) electrons. The molecule has 1 heterocycles. The Morgan fingerprint density at radius 3 is 2.71 bits per heavy atom. The standard InChI is InChI=1S/C10H19NO3/c1-7(2)8(3)14-10(12)9-6-11-4-5-13-9/h7-9,11H,4-6H2,1-3H3. The van der Waals surface area contributed by atoms with E-state index in [9.17, 15) is 4.79 Å². The van der Waals surface area contributed by atoms with Crippen LogP contribution in [0.3, 0.4) is 0 Å². The summed E-state index contributed by atoms with van der Waals surface area (Å²) in [6.07, 6.45) is -0.474. The summed E-state index contributed by atoms with van der Waals surface area (Å²) in [6, 6.07) is 0. The smallest absolute Gasteiger partial charge is 0.336 e. The zero-order valence-electron chi connectivity index (χ0n) is 9.08. The highest BCUT2D eigenvalue weighted by Gasteiger charge is 2.25. The third-order valence-corrected chi connectivity index (χ3v) is 2.43. The van der Waals surface area contributed by atoms with E-state index in [1.165, 1.54) is 0 Å². The second-order valence-electron chi connectivity index (χ2n) is 3.95. The minimum atomic E-state index is -0.426. The molecule has 0 aliphatic carbocycles. The minimum absolute atomic E-state index is 0.0481. The maximum Gasteiger partial charge on any atom is 0.336 e. The number of carbonyl (C=O) groups is 1. The van der Waals surface area contributed by atoms with Crippen molar-refractivity contribution >= 4 is 5.97 Å². The molecule has 0 aromatic heterocycles. The average Bonchev–Trinajstić information content (AvgIpc) is 2.19. The molecule has 14 heavy (non-hydrogen) atoms. The van der Waals surface area contributed by atoms with Crippen molar-refractivity contribution in [3.8, 4) is 0 Å². The highest BCUT2D eigenvalue weighted by molar-refractivity contribution is 5.75. The van der Waals surface area contributed by atoms with Gasteiger partial charge < -0.3 is 14.8 Å². The van der Waals surface area contributed by atoms with Crippen LogP contribution in [0.25, 0.3) is 0 Å². The van der Waals surface area contributed by atoms with Crippen molar-refractivity contribution in [2.24, 2.45) is 5.92 Å². The molecular weight excluding hydrogens is 182 g/mol. The van der Waals surface area contributed by atoms with Crippen LogP contribution in [0.5, 0.6) is 0 Å². The first-order valence-electron chi connectivity index (χ1n) is 5.14. The van der Waals surface area contributed by atoms with E-state index in [0.29, 0.717) is 19.1 Å². The summed E-state index contributed by atoms with van der Waals surface area (Å²) in [6.45, 7) is 7.90. The van der Waals surface area contributed by atoms with Gasteiger partial charge in [0.15, 0.2) is 6.10 Å². The summed E-state index contributed by atoms with van der Waals surface area (Å²) < 4.78 is 10.5. The van der Waals surface area contributed by atoms with Gasteiger partial charge in [0.2, 0.25) is 0 Å². The summed E-state index contributed by atoms with van der Waals surface area (Å²) in [5, 5.41) is 3.09. The first-order chi connectivity index (χ1) is 6.61. The first kappa shape index (κ1) is 11.5. The molecule has 0 saturated carbocycles. The molecule has 0 aromatic rings. The van der Waals surface area contributed by atoms with Gasteiger partial charge in [-0.3, -0.25) is 0 Å². The van der Waals surface area contributed by atoms with Gasteiger partial charge >= 0.3 is 5.97 Å². The van der Waals surface area contributed by atoms with Crippen molar-refractivity contribution in [1.82, 2.24) is 5.32 Å². The van der Waals surface area contributed by atoms with E-state index in [2.05, 4.69) is 5.32 Å². The van der Waals surface area contributed by atoms with Crippen molar-refractivity contribution in [2.75, 3.05) is 19.7 Å². The lowest BCUT2D eigenvalue weighted by Crippen LogP contribution is -2.44.